The molecule has 3 amide bonds. The van der Waals surface area contributed by atoms with Crippen LogP contribution in [-0.2, 0) is 66.6 Å². The van der Waals surface area contributed by atoms with Gasteiger partial charge in [0.1, 0.15) is 34.3 Å². The van der Waals surface area contributed by atoms with E-state index in [-0.39, 0.29) is 35.2 Å². The van der Waals surface area contributed by atoms with Gasteiger partial charge in [-0.3, -0.25) is 28.4 Å². The van der Waals surface area contributed by atoms with Gasteiger partial charge < -0.3 is 48.6 Å². The zero-order chi connectivity index (χ0) is 86.8. The van der Waals surface area contributed by atoms with Crippen molar-refractivity contribution in [1.29, 1.82) is 0 Å². The molecule has 632 valence electrons. The largest absolute Gasteiger partial charge is 0.494 e. The third kappa shape index (κ3) is 16.9. The molecular formula is C95H102Cl6N12O8. The van der Waals surface area contributed by atoms with Crippen LogP contribution in [0.1, 0.15) is 165 Å². The highest BCUT2D eigenvalue weighted by Crippen LogP contribution is 2.48. The minimum atomic E-state index is -0.980. The van der Waals surface area contributed by atoms with Gasteiger partial charge in [0, 0.05) is 148 Å². The maximum absolute atomic E-state index is 14.5. The van der Waals surface area contributed by atoms with Gasteiger partial charge in [-0.05, 0) is 257 Å². The molecule has 3 aliphatic rings. The lowest BCUT2D eigenvalue weighted by Gasteiger charge is -2.35. The molecule has 0 spiro atoms. The second-order valence-electron chi connectivity index (χ2n) is 32.6. The Morgan fingerprint density at radius 3 is 1.17 bits per heavy atom. The number of carbonyl (C=O) groups excluding carboxylic acids is 3. The Balaban J connectivity index is 0.000000150. The van der Waals surface area contributed by atoms with Crippen molar-refractivity contribution in [2.24, 2.45) is 27.1 Å². The molecule has 0 radical (unpaired) electrons. The highest BCUT2D eigenvalue weighted by atomic mass is 35.5. The molecule has 0 aliphatic carbocycles. The Labute approximate surface area is 735 Å². The maximum atomic E-state index is 14.5. The van der Waals surface area contributed by atoms with Gasteiger partial charge in [-0.15, -0.1) is 0 Å². The molecule has 0 saturated heterocycles. The Morgan fingerprint density at radius 2 is 0.802 bits per heavy atom. The average molecular weight is 1750 g/mol. The van der Waals surface area contributed by atoms with E-state index in [1.807, 2.05) is 183 Å². The van der Waals surface area contributed by atoms with Gasteiger partial charge in [0.25, 0.3) is 17.7 Å². The Bertz CT molecular complexity index is 6250. The SMILES string of the molecule is Cc1cc(OCCCc2c3n(c4c(-c5c(C)nn(C)c5C)c(Cl)ccc24)CC(C)CNC3=O)cc(C)c1Cl.Cc1cc(OCCCc2c3n(c4c(-c5c(C)nn(C)c5C)c(Cl)ccc24)CCNC3=O)cc(C)c1Cl.Cc1cc(OCCCc2c3n(c4c(-c5c(C)nn(C)c5C)c(Cl)ccc24)C[C@@H](C)N(Cc2ccc(C(=O)O)cc2)C3=O)cc(C)c1Cl. The van der Waals surface area contributed by atoms with E-state index >= 15 is 0 Å². The monoisotopic (exact) mass is 1750 g/mol. The van der Waals surface area contributed by atoms with Crippen molar-refractivity contribution in [2.45, 2.75) is 168 Å². The van der Waals surface area contributed by atoms with Crippen molar-refractivity contribution in [1.82, 2.24) is 58.6 Å². The molecule has 0 saturated carbocycles. The first-order valence-corrected chi connectivity index (χ1v) is 43.3. The summed E-state index contributed by atoms with van der Waals surface area (Å²) in [6.45, 7) is 33.4. The van der Waals surface area contributed by atoms with Gasteiger partial charge >= 0.3 is 5.97 Å². The van der Waals surface area contributed by atoms with E-state index in [1.165, 1.54) is 0 Å². The Morgan fingerprint density at radius 1 is 0.455 bits per heavy atom. The normalized spacial score (nSPS) is 14.5. The minimum absolute atomic E-state index is 0.0351. The molecule has 20 nitrogen and oxygen atoms in total. The number of aromatic carboxylic acids is 1. The molecule has 9 heterocycles. The fraction of sp³-hybridized carbons (Fsp3) is 0.358. The fourth-order valence-corrected chi connectivity index (χ4v) is 19.0. The number of halogens is 6. The number of benzene rings is 7. The zero-order valence-electron chi connectivity index (χ0n) is 71.5. The molecule has 2 atom stereocenters. The topological polar surface area (TPSA) is 212 Å². The van der Waals surface area contributed by atoms with Gasteiger partial charge in [0.2, 0.25) is 0 Å². The lowest BCUT2D eigenvalue weighted by atomic mass is 9.98. The van der Waals surface area contributed by atoms with Crippen LogP contribution in [0.2, 0.25) is 30.1 Å². The summed E-state index contributed by atoms with van der Waals surface area (Å²) in [4.78, 5) is 54.4. The molecule has 3 aliphatic heterocycles. The summed E-state index contributed by atoms with van der Waals surface area (Å²) < 4.78 is 30.4. The molecule has 13 aromatic rings. The molecule has 0 bridgehead atoms. The molecule has 121 heavy (non-hydrogen) atoms. The van der Waals surface area contributed by atoms with Crippen molar-refractivity contribution in [3.05, 3.63) is 240 Å². The van der Waals surface area contributed by atoms with E-state index < -0.39 is 5.97 Å². The van der Waals surface area contributed by atoms with E-state index in [2.05, 4.69) is 66.5 Å². The van der Waals surface area contributed by atoms with Crippen LogP contribution in [0.25, 0.3) is 66.1 Å². The summed E-state index contributed by atoms with van der Waals surface area (Å²) in [7, 11) is 5.81. The number of nitrogens with one attached hydrogen (secondary N) is 2. The van der Waals surface area contributed by atoms with Gasteiger partial charge in [0.05, 0.1) is 74.1 Å². The van der Waals surface area contributed by atoms with Crippen molar-refractivity contribution < 1.29 is 38.5 Å². The Kier molecular flexibility index (Phi) is 25.7. The first-order chi connectivity index (χ1) is 57.6. The van der Waals surface area contributed by atoms with Crippen LogP contribution >= 0.6 is 69.6 Å². The summed E-state index contributed by atoms with van der Waals surface area (Å²) in [6.07, 6.45) is 4.26. The van der Waals surface area contributed by atoms with E-state index in [4.69, 9.17) is 83.8 Å². The summed E-state index contributed by atoms with van der Waals surface area (Å²) in [6, 6.07) is 30.3. The number of fused-ring (bicyclic) bond motifs is 9. The van der Waals surface area contributed by atoms with E-state index in [1.54, 1.807) is 24.3 Å². The van der Waals surface area contributed by atoms with Crippen molar-refractivity contribution in [2.75, 3.05) is 32.9 Å². The number of hydrogen-bond donors (Lipinski definition) is 3. The van der Waals surface area contributed by atoms with Gasteiger partial charge in [-0.1, -0.05) is 107 Å². The lowest BCUT2D eigenvalue weighted by Crippen LogP contribution is -2.46. The van der Waals surface area contributed by atoms with Crippen molar-refractivity contribution in [3.8, 4) is 50.6 Å². The smallest absolute Gasteiger partial charge is 0.335 e. The molecule has 1 unspecified atom stereocenters. The summed E-state index contributed by atoms with van der Waals surface area (Å²) in [5.41, 5.74) is 26.7. The third-order valence-electron chi connectivity index (χ3n) is 24.0. The first-order valence-electron chi connectivity index (χ1n) is 41.0. The number of amides is 3. The summed E-state index contributed by atoms with van der Waals surface area (Å²) >= 11 is 39.7. The third-order valence-corrected chi connectivity index (χ3v) is 26.7. The minimum Gasteiger partial charge on any atom is -0.494 e. The molecule has 6 aromatic heterocycles. The molecule has 7 aromatic carbocycles. The number of carbonyl (C=O) groups is 4. The van der Waals surface area contributed by atoms with Crippen LogP contribution in [-0.4, -0.2) is 116 Å². The predicted octanol–water partition coefficient (Wildman–Crippen LogP) is 21.6. The van der Waals surface area contributed by atoms with Gasteiger partial charge in [-0.25, -0.2) is 4.79 Å². The van der Waals surface area contributed by atoms with Gasteiger partial charge in [-0.2, -0.15) is 15.3 Å². The molecular weight excluding hydrogens is 1650 g/mol. The first kappa shape index (κ1) is 87.2. The van der Waals surface area contributed by atoms with E-state index in [9.17, 15) is 24.3 Å². The maximum Gasteiger partial charge on any atom is 0.335 e. The Hall–Kier alpha value is -10.2. The molecule has 0 fully saturated rings. The number of nitrogens with zero attached hydrogens (tertiary/aromatic N) is 10. The van der Waals surface area contributed by atoms with Gasteiger partial charge in [0.15, 0.2) is 0 Å². The fourth-order valence-electron chi connectivity index (χ4n) is 18.0. The zero-order valence-corrected chi connectivity index (χ0v) is 76.1. The van der Waals surface area contributed by atoms with Crippen LogP contribution in [0, 0.1) is 89.0 Å². The predicted molar refractivity (Wildman–Crippen MR) is 487 cm³/mol. The van der Waals surface area contributed by atoms with Crippen molar-refractivity contribution >= 4 is 126 Å². The second kappa shape index (κ2) is 35.7. The number of rotatable bonds is 21. The standard InChI is InChI=1S/C37H38Cl2N4O4.C30H34Cl2N4O2.C28H30Cl2N4O2/c1-20-16-27(17-21(2)33(20)39)47-15-7-8-28-29-13-14-30(38)32(31-23(4)40-41(6)24(31)5)34(29)43-18-22(3)42(36(44)35(28)43)19-25-9-11-26(12-10-25)37(45)46;1-16-14-33-30(37)29-22(8-7-11-38-21-12-17(2)27(32)18(3)13-21)23-9-10-24(31)26(28(23)36(29)15-16)25-19(4)34-35(6)20(25)5;1-15-13-19(14-16(2)25(15)30)36-12-6-7-20-21-8-9-22(29)24(23-17(3)32-33(5)18(23)4)26(21)34-11-10-31-28(35)27(20)34/h9-14,16-17,22H,7-8,15,18-19H2,1-6H3,(H,45,46);9-10,12-13,16H,7-8,11,14-15H2,1-6H3,(H,33,37);8-9,13-14H,6-7,10-12H2,1-5H3,(H,31,35)/t22-;;/m1../s1. The van der Waals surface area contributed by atoms with Crippen LogP contribution < -0.4 is 24.8 Å². The molecule has 16 rings (SSSR count). The highest BCUT2D eigenvalue weighted by Gasteiger charge is 2.38. The number of carboxylic acids is 1. The quantitative estimate of drug-likeness (QED) is 0.0576. The van der Waals surface area contributed by atoms with Crippen molar-refractivity contribution in [3.63, 3.8) is 0 Å². The lowest BCUT2D eigenvalue weighted by molar-refractivity contribution is 0.0595. The number of carboxylic acid groups (broad SMARTS) is 1. The highest BCUT2D eigenvalue weighted by molar-refractivity contribution is 6.37. The number of aromatic nitrogens is 9. The second-order valence-corrected chi connectivity index (χ2v) is 35.0. The van der Waals surface area contributed by atoms with Crippen LogP contribution in [0.15, 0.2) is 97.1 Å². The van der Waals surface area contributed by atoms with Crippen LogP contribution in [0.5, 0.6) is 17.2 Å². The number of aryl methyl sites for hydroxylation is 15. The van der Waals surface area contributed by atoms with E-state index in [0.29, 0.717) is 99.0 Å². The molecule has 3 N–H and O–H groups in total. The number of hydrogen-bond acceptors (Lipinski definition) is 10. The number of ether oxygens (including phenoxy) is 3. The summed E-state index contributed by atoms with van der Waals surface area (Å²) in [5.74, 6) is 1.56. The van der Waals surface area contributed by atoms with Crippen LogP contribution in [0.3, 0.4) is 0 Å². The van der Waals surface area contributed by atoms with Crippen LogP contribution in [0.4, 0.5) is 0 Å². The van der Waals surface area contributed by atoms with E-state index in [0.717, 1.165) is 219 Å². The average Bonchev–Trinajstić information content (AvgIpc) is 1.58. The summed E-state index contributed by atoms with van der Waals surface area (Å²) in [5, 5.41) is 36.8. The molecule has 26 heteroatoms.